The minimum absolute atomic E-state index is 0.236. The van der Waals surface area contributed by atoms with E-state index < -0.39 is 10.0 Å². The molecule has 1 heterocycles. The van der Waals surface area contributed by atoms with E-state index in [4.69, 9.17) is 11.6 Å². The Bertz CT molecular complexity index is 470. The monoisotopic (exact) mass is 293 g/mol. The Kier molecular flexibility index (Phi) is 5.62. The summed E-state index contributed by atoms with van der Waals surface area (Å²) in [6.45, 7) is 5.09. The predicted octanol–water partition coefficient (Wildman–Crippen LogP) is 1.79. The van der Waals surface area contributed by atoms with Crippen LogP contribution >= 0.6 is 11.6 Å². The van der Waals surface area contributed by atoms with Gasteiger partial charge in [0.05, 0.1) is 6.20 Å². The van der Waals surface area contributed by atoms with Crippen LogP contribution < -0.4 is 0 Å². The maximum Gasteiger partial charge on any atom is 0.245 e. The lowest BCUT2D eigenvalue weighted by molar-refractivity contribution is 0.417. The van der Waals surface area contributed by atoms with Gasteiger partial charge in [-0.05, 0) is 12.3 Å². The molecule has 0 unspecified atom stereocenters. The van der Waals surface area contributed by atoms with Crippen LogP contribution in [0.15, 0.2) is 17.3 Å². The van der Waals surface area contributed by atoms with E-state index in [0.717, 1.165) is 6.42 Å². The lowest BCUT2D eigenvalue weighted by Crippen LogP contribution is -2.30. The third-order valence-electron chi connectivity index (χ3n) is 2.46. The molecule has 104 valence electrons. The molecule has 0 aliphatic rings. The third kappa shape index (κ3) is 3.96. The zero-order valence-corrected chi connectivity index (χ0v) is 12.6. The standard InChI is InChI=1S/C11H20ClN3O2S/c1-10(2)8-14(3)18(16,17)11-7-13-15(9-11)6-4-5-12/h7,9-10H,4-6,8H2,1-3H3. The summed E-state index contributed by atoms with van der Waals surface area (Å²) in [6, 6.07) is 0. The van der Waals surface area contributed by atoms with Gasteiger partial charge in [-0.25, -0.2) is 12.7 Å². The van der Waals surface area contributed by atoms with Crippen molar-refractivity contribution in [2.75, 3.05) is 19.5 Å². The molecule has 0 aliphatic heterocycles. The zero-order valence-electron chi connectivity index (χ0n) is 11.0. The maximum atomic E-state index is 12.2. The molecule has 0 atom stereocenters. The normalized spacial score (nSPS) is 12.6. The number of hydrogen-bond donors (Lipinski definition) is 0. The van der Waals surface area contributed by atoms with Crippen molar-refractivity contribution in [2.45, 2.75) is 31.7 Å². The summed E-state index contributed by atoms with van der Waals surface area (Å²) < 4.78 is 27.4. The van der Waals surface area contributed by atoms with Crippen LogP contribution in [0.4, 0.5) is 0 Å². The second-order valence-corrected chi connectivity index (χ2v) is 7.08. The summed E-state index contributed by atoms with van der Waals surface area (Å²) in [5, 5.41) is 4.03. The first-order valence-electron chi connectivity index (χ1n) is 5.92. The topological polar surface area (TPSA) is 55.2 Å². The van der Waals surface area contributed by atoms with Crippen LogP contribution in [0.25, 0.3) is 0 Å². The van der Waals surface area contributed by atoms with Crippen molar-refractivity contribution in [3.05, 3.63) is 12.4 Å². The Hall–Kier alpha value is -0.590. The molecule has 1 aromatic rings. The van der Waals surface area contributed by atoms with Crippen molar-refractivity contribution >= 4 is 21.6 Å². The minimum Gasteiger partial charge on any atom is -0.271 e. The number of alkyl halides is 1. The van der Waals surface area contributed by atoms with E-state index in [1.54, 1.807) is 17.9 Å². The maximum absolute atomic E-state index is 12.2. The first-order valence-corrected chi connectivity index (χ1v) is 7.90. The molecule has 0 aromatic carbocycles. The summed E-state index contributed by atoms with van der Waals surface area (Å²) in [6.07, 6.45) is 3.71. The number of halogens is 1. The van der Waals surface area contributed by atoms with E-state index in [2.05, 4.69) is 5.10 Å². The molecule has 0 fully saturated rings. The molecule has 0 amide bonds. The highest BCUT2D eigenvalue weighted by Crippen LogP contribution is 2.14. The molecule has 0 radical (unpaired) electrons. The van der Waals surface area contributed by atoms with Crippen LogP contribution in [0.1, 0.15) is 20.3 Å². The van der Waals surface area contributed by atoms with E-state index in [9.17, 15) is 8.42 Å². The van der Waals surface area contributed by atoms with E-state index in [1.807, 2.05) is 13.8 Å². The average molecular weight is 294 g/mol. The molecule has 5 nitrogen and oxygen atoms in total. The first-order chi connectivity index (χ1) is 8.37. The highest BCUT2D eigenvalue weighted by molar-refractivity contribution is 7.89. The van der Waals surface area contributed by atoms with E-state index >= 15 is 0 Å². The number of aromatic nitrogens is 2. The highest BCUT2D eigenvalue weighted by Gasteiger charge is 2.22. The number of hydrogen-bond acceptors (Lipinski definition) is 3. The molecule has 0 aliphatic carbocycles. The molecule has 0 spiro atoms. The minimum atomic E-state index is -3.42. The summed E-state index contributed by atoms with van der Waals surface area (Å²) >= 11 is 5.59. The third-order valence-corrected chi connectivity index (χ3v) is 4.50. The molecular formula is C11H20ClN3O2S. The molecule has 0 saturated heterocycles. The molecular weight excluding hydrogens is 274 g/mol. The van der Waals surface area contributed by atoms with Gasteiger partial charge < -0.3 is 0 Å². The van der Waals surface area contributed by atoms with E-state index in [1.165, 1.54) is 10.5 Å². The van der Waals surface area contributed by atoms with Crippen LogP contribution in [0.2, 0.25) is 0 Å². The highest BCUT2D eigenvalue weighted by atomic mass is 35.5. The molecule has 0 saturated carbocycles. The summed E-state index contributed by atoms with van der Waals surface area (Å²) in [5.41, 5.74) is 0. The van der Waals surface area contributed by atoms with Crippen molar-refractivity contribution in [3.8, 4) is 0 Å². The second-order valence-electron chi connectivity index (χ2n) is 4.66. The van der Waals surface area contributed by atoms with Gasteiger partial charge in [-0.3, -0.25) is 4.68 Å². The van der Waals surface area contributed by atoms with Crippen LogP contribution in [0.3, 0.4) is 0 Å². The van der Waals surface area contributed by atoms with Crippen molar-refractivity contribution in [3.63, 3.8) is 0 Å². The predicted molar refractivity (Wildman–Crippen MR) is 72.2 cm³/mol. The van der Waals surface area contributed by atoms with Crippen molar-refractivity contribution in [2.24, 2.45) is 5.92 Å². The molecule has 1 rings (SSSR count). The molecule has 1 aromatic heterocycles. The summed E-state index contributed by atoms with van der Waals surface area (Å²) in [5.74, 6) is 0.825. The molecule has 7 heteroatoms. The largest absolute Gasteiger partial charge is 0.271 e. The van der Waals surface area contributed by atoms with Crippen LogP contribution in [0.5, 0.6) is 0 Å². The number of aryl methyl sites for hydroxylation is 1. The Morgan fingerprint density at radius 1 is 1.50 bits per heavy atom. The summed E-state index contributed by atoms with van der Waals surface area (Å²) in [4.78, 5) is 0.236. The van der Waals surface area contributed by atoms with Gasteiger partial charge in [0.1, 0.15) is 4.90 Å². The quantitative estimate of drug-likeness (QED) is 0.720. The number of sulfonamides is 1. The Morgan fingerprint density at radius 2 is 2.17 bits per heavy atom. The Morgan fingerprint density at radius 3 is 2.72 bits per heavy atom. The van der Waals surface area contributed by atoms with E-state index in [-0.39, 0.29) is 10.8 Å². The lowest BCUT2D eigenvalue weighted by atomic mass is 10.2. The fourth-order valence-electron chi connectivity index (χ4n) is 1.61. The molecule has 0 N–H and O–H groups in total. The fourth-order valence-corrected chi connectivity index (χ4v) is 3.02. The Labute approximate surface area is 114 Å². The van der Waals surface area contributed by atoms with E-state index in [0.29, 0.717) is 19.0 Å². The lowest BCUT2D eigenvalue weighted by Gasteiger charge is -2.17. The first kappa shape index (κ1) is 15.5. The average Bonchev–Trinajstić information content (AvgIpc) is 2.74. The fraction of sp³-hybridized carbons (Fsp3) is 0.727. The van der Waals surface area contributed by atoms with Crippen molar-refractivity contribution in [1.82, 2.24) is 14.1 Å². The van der Waals surface area contributed by atoms with Gasteiger partial charge in [0.2, 0.25) is 10.0 Å². The van der Waals surface area contributed by atoms with Crippen LogP contribution in [0, 0.1) is 5.92 Å². The smallest absolute Gasteiger partial charge is 0.245 e. The molecule has 18 heavy (non-hydrogen) atoms. The Balaban J connectivity index is 2.81. The van der Waals surface area contributed by atoms with Gasteiger partial charge in [0.25, 0.3) is 0 Å². The SMILES string of the molecule is CC(C)CN(C)S(=O)(=O)c1cnn(CCCCl)c1. The van der Waals surface area contributed by atoms with Gasteiger partial charge in [-0.2, -0.15) is 5.10 Å². The number of rotatable bonds is 7. The van der Waals surface area contributed by atoms with Gasteiger partial charge in [0, 0.05) is 32.2 Å². The van der Waals surface area contributed by atoms with Crippen molar-refractivity contribution < 1.29 is 8.42 Å². The van der Waals surface area contributed by atoms with Crippen LogP contribution in [-0.2, 0) is 16.6 Å². The number of nitrogens with zero attached hydrogens (tertiary/aromatic N) is 3. The van der Waals surface area contributed by atoms with Gasteiger partial charge in [0.15, 0.2) is 0 Å². The van der Waals surface area contributed by atoms with Crippen LogP contribution in [-0.4, -0.2) is 42.0 Å². The molecule has 0 bridgehead atoms. The second kappa shape index (κ2) is 6.54. The van der Waals surface area contributed by atoms with Gasteiger partial charge >= 0.3 is 0 Å². The van der Waals surface area contributed by atoms with Crippen molar-refractivity contribution in [1.29, 1.82) is 0 Å². The van der Waals surface area contributed by atoms with Gasteiger partial charge in [-0.15, -0.1) is 11.6 Å². The van der Waals surface area contributed by atoms with Gasteiger partial charge in [-0.1, -0.05) is 13.8 Å². The summed E-state index contributed by atoms with van der Waals surface area (Å²) in [7, 11) is -1.83. The zero-order chi connectivity index (χ0) is 13.8.